The minimum absolute atomic E-state index is 0.139. The molecule has 0 bridgehead atoms. The molecule has 0 N–H and O–H groups in total. The molecule has 7 nitrogen and oxygen atoms in total. The Kier molecular flexibility index (Phi) is 21.9. The highest BCUT2D eigenvalue weighted by Crippen LogP contribution is 2.15. The molecule has 1 amide bonds. The lowest BCUT2D eigenvalue weighted by Crippen LogP contribution is -2.36. The largest absolute Gasteiger partial charge is 0.369 e. The zero-order valence-electron chi connectivity index (χ0n) is 26.8. The van der Waals surface area contributed by atoms with E-state index in [2.05, 4.69) is 62.5 Å². The Hall–Kier alpha value is -4.21. The van der Waals surface area contributed by atoms with Gasteiger partial charge >= 0.3 is 0 Å². The molecule has 0 heterocycles. The third-order valence-electron chi connectivity index (χ3n) is 6.17. The molecular formula is C35H48F2N4O3. The lowest BCUT2D eigenvalue weighted by molar-refractivity contribution is -0.116. The maximum absolute atomic E-state index is 13.9. The summed E-state index contributed by atoms with van der Waals surface area (Å²) in [5.41, 5.74) is 2.16. The lowest BCUT2D eigenvalue weighted by atomic mass is 10.1. The topological polar surface area (TPSA) is 64.2 Å². The maximum atomic E-state index is 13.9. The van der Waals surface area contributed by atoms with Gasteiger partial charge in [0.1, 0.15) is 17.9 Å². The number of benzene rings is 2. The molecule has 0 atom stereocenters. The van der Waals surface area contributed by atoms with Crippen LogP contribution in [0.1, 0.15) is 25.0 Å². The van der Waals surface area contributed by atoms with E-state index in [-0.39, 0.29) is 24.4 Å². The number of hydrogen-bond acceptors (Lipinski definition) is 6. The molecule has 0 saturated heterocycles. The Labute approximate surface area is 262 Å². The molecule has 0 spiro atoms. The van der Waals surface area contributed by atoms with Crippen molar-refractivity contribution < 1.29 is 23.2 Å². The van der Waals surface area contributed by atoms with Gasteiger partial charge in [-0.2, -0.15) is 0 Å². The molecule has 0 aromatic heterocycles. The number of carbonyl (C=O) groups excluding carboxylic acids is 3. The third-order valence-corrected chi connectivity index (χ3v) is 6.17. The molecule has 2 aromatic carbocycles. The molecule has 0 fully saturated rings. The zero-order chi connectivity index (χ0) is 33.3. The van der Waals surface area contributed by atoms with Gasteiger partial charge in [-0.1, -0.05) is 81.6 Å². The van der Waals surface area contributed by atoms with Gasteiger partial charge in [-0.05, 0) is 43.8 Å². The Bertz CT molecular complexity index is 1180. The molecule has 2 rings (SSSR count). The van der Waals surface area contributed by atoms with Crippen molar-refractivity contribution >= 4 is 19.0 Å². The highest BCUT2D eigenvalue weighted by atomic mass is 19.1. The highest BCUT2D eigenvalue weighted by Gasteiger charge is 2.14. The molecule has 0 saturated carbocycles. The smallest absolute Gasteiger partial charge is 0.214 e. The predicted octanol–water partition coefficient (Wildman–Crippen LogP) is 5.51. The second kappa shape index (κ2) is 24.3. The first-order chi connectivity index (χ1) is 21.2. The van der Waals surface area contributed by atoms with Crippen LogP contribution in [0.5, 0.6) is 0 Å². The van der Waals surface area contributed by atoms with Gasteiger partial charge < -0.3 is 19.5 Å². The molecule has 0 aliphatic rings. The number of nitrogens with zero attached hydrogens (tertiary/aromatic N) is 4. The summed E-state index contributed by atoms with van der Waals surface area (Å²) in [6, 6.07) is 14.0. The molecular weight excluding hydrogens is 562 g/mol. The van der Waals surface area contributed by atoms with Crippen LogP contribution in [0.3, 0.4) is 0 Å². The van der Waals surface area contributed by atoms with Crippen LogP contribution in [-0.2, 0) is 27.3 Å². The summed E-state index contributed by atoms with van der Waals surface area (Å²) < 4.78 is 27.7. The molecule has 44 heavy (non-hydrogen) atoms. The second-order valence-electron chi connectivity index (χ2n) is 9.69. The lowest BCUT2D eigenvalue weighted by Gasteiger charge is -2.26. The van der Waals surface area contributed by atoms with Crippen molar-refractivity contribution in [2.24, 2.45) is 0 Å². The molecule has 0 radical (unpaired) electrons. The Morgan fingerprint density at radius 1 is 0.864 bits per heavy atom. The summed E-state index contributed by atoms with van der Waals surface area (Å²) in [6.07, 6.45) is 9.17. The maximum Gasteiger partial charge on any atom is 0.214 e. The molecule has 9 heteroatoms. The second-order valence-corrected chi connectivity index (χ2v) is 9.69. The van der Waals surface area contributed by atoms with Gasteiger partial charge in [0.05, 0.1) is 18.8 Å². The van der Waals surface area contributed by atoms with E-state index < -0.39 is 11.6 Å². The summed E-state index contributed by atoms with van der Waals surface area (Å²) in [6.45, 7) is 13.6. The minimum Gasteiger partial charge on any atom is -0.369 e. The van der Waals surface area contributed by atoms with Gasteiger partial charge in [-0.3, -0.25) is 14.5 Å². The average molecular weight is 611 g/mol. The van der Waals surface area contributed by atoms with Gasteiger partial charge in [0.25, 0.3) is 0 Å². The summed E-state index contributed by atoms with van der Waals surface area (Å²) >= 11 is 0. The van der Waals surface area contributed by atoms with Gasteiger partial charge in [-0.15, -0.1) is 0 Å². The summed E-state index contributed by atoms with van der Waals surface area (Å²) in [5.74, 6) is -1.56. The van der Waals surface area contributed by atoms with E-state index in [1.54, 1.807) is 30.2 Å². The number of hydrogen-bond donors (Lipinski definition) is 0. The molecule has 2 aromatic rings. The van der Waals surface area contributed by atoms with Crippen molar-refractivity contribution in [1.29, 1.82) is 0 Å². The number of carbonyl (C=O) groups is 3. The van der Waals surface area contributed by atoms with E-state index in [1.807, 2.05) is 18.7 Å². The fourth-order valence-corrected chi connectivity index (χ4v) is 3.72. The average Bonchev–Trinajstić information content (AvgIpc) is 3.03. The number of likely N-dealkylation sites (N-methyl/N-ethyl adjacent to an activating group) is 2. The van der Waals surface area contributed by atoms with Crippen LogP contribution in [0.2, 0.25) is 0 Å². The number of aldehydes is 2. The van der Waals surface area contributed by atoms with Crippen molar-refractivity contribution in [2.75, 3.05) is 53.9 Å². The van der Waals surface area contributed by atoms with E-state index >= 15 is 0 Å². The molecule has 0 unspecified atom stereocenters. The van der Waals surface area contributed by atoms with Crippen LogP contribution >= 0.6 is 0 Å². The molecule has 240 valence electrons. The normalized spacial score (nSPS) is 11.0. The third kappa shape index (κ3) is 16.4. The summed E-state index contributed by atoms with van der Waals surface area (Å²) in [5, 5.41) is 0. The first-order valence-electron chi connectivity index (χ1n) is 14.5. The minimum atomic E-state index is -0.781. The fraction of sp³-hybridized carbons (Fsp3) is 0.343. The van der Waals surface area contributed by atoms with Crippen LogP contribution in [0, 0.1) is 11.6 Å². The van der Waals surface area contributed by atoms with Crippen molar-refractivity contribution in [3.8, 4) is 0 Å². The van der Waals surface area contributed by atoms with E-state index in [0.717, 1.165) is 41.9 Å². The van der Waals surface area contributed by atoms with E-state index in [4.69, 9.17) is 0 Å². The van der Waals surface area contributed by atoms with Gasteiger partial charge in [0.2, 0.25) is 6.41 Å². The number of allylic oxidation sites excluding steroid dienone is 3. The Morgan fingerprint density at radius 2 is 1.50 bits per heavy atom. The molecule has 0 aliphatic heterocycles. The van der Waals surface area contributed by atoms with Crippen LogP contribution in [0.15, 0.2) is 97.4 Å². The summed E-state index contributed by atoms with van der Waals surface area (Å²) in [4.78, 5) is 40.6. The van der Waals surface area contributed by atoms with Crippen molar-refractivity contribution in [2.45, 2.75) is 26.8 Å². The number of rotatable bonds is 18. The van der Waals surface area contributed by atoms with Gasteiger partial charge in [0, 0.05) is 45.0 Å². The Balaban J connectivity index is 0.00000118. The van der Waals surface area contributed by atoms with E-state index in [0.29, 0.717) is 32.3 Å². The zero-order valence-corrected chi connectivity index (χ0v) is 26.8. The van der Waals surface area contributed by atoms with Crippen LogP contribution in [0.25, 0.3) is 0 Å². The van der Waals surface area contributed by atoms with Crippen molar-refractivity contribution in [3.63, 3.8) is 0 Å². The fourth-order valence-electron chi connectivity index (χ4n) is 3.72. The predicted molar refractivity (Wildman–Crippen MR) is 176 cm³/mol. The standard InChI is InChI=1S/C23H27F2N3O3.C10H15N.C2H6/c1-4-7-19(5-2)14-27(12-13-29)11-10-26(3)20(17-30)15-28(18-31)16-21-22(24)8-6-9-23(21)25;1-11(2)9-8-10-6-4-3-5-7-10;1-2/h4-9,13,15,17-18H,1-2,10-12,14,16H2,3H3;3-7H,8-9H2,1-2H3;1-2H3/b19-7+,20-15+;;. The van der Waals surface area contributed by atoms with Gasteiger partial charge in [-0.25, -0.2) is 8.78 Å². The van der Waals surface area contributed by atoms with Gasteiger partial charge in [0.15, 0.2) is 6.29 Å². The number of amides is 1. The first-order valence-corrected chi connectivity index (χ1v) is 14.5. The van der Waals surface area contributed by atoms with E-state index in [9.17, 15) is 23.2 Å². The highest BCUT2D eigenvalue weighted by molar-refractivity contribution is 5.72. The summed E-state index contributed by atoms with van der Waals surface area (Å²) in [7, 11) is 5.84. The monoisotopic (exact) mass is 610 g/mol. The number of halogens is 2. The van der Waals surface area contributed by atoms with Crippen LogP contribution in [-0.4, -0.2) is 92.4 Å². The Morgan fingerprint density at radius 3 is 2.00 bits per heavy atom. The quantitative estimate of drug-likeness (QED) is 0.126. The van der Waals surface area contributed by atoms with E-state index in [1.165, 1.54) is 17.8 Å². The first kappa shape index (κ1) is 39.8. The van der Waals surface area contributed by atoms with Crippen LogP contribution < -0.4 is 0 Å². The SMILES string of the molecule is C=C/C=C(\C=C)CN(CC=O)CCN(C)/C(C=O)=C/N(C=O)Cc1c(F)cccc1F.CC.CN(C)CCc1ccccc1. The van der Waals surface area contributed by atoms with Crippen molar-refractivity contribution in [3.05, 3.63) is 120 Å². The van der Waals surface area contributed by atoms with Crippen LogP contribution in [0.4, 0.5) is 8.78 Å². The molecule has 0 aliphatic carbocycles. The van der Waals surface area contributed by atoms with Crippen molar-refractivity contribution in [1.82, 2.24) is 19.6 Å².